The zero-order valence-corrected chi connectivity index (χ0v) is 28.3. The van der Waals surface area contributed by atoms with Crippen LogP contribution in [-0.2, 0) is 31.9 Å². The highest BCUT2D eigenvalue weighted by atomic mass is 16.6. The maximum Gasteiger partial charge on any atom is 0.311 e. The van der Waals surface area contributed by atoms with Gasteiger partial charge in [-0.2, -0.15) is 0 Å². The van der Waals surface area contributed by atoms with Crippen LogP contribution in [-0.4, -0.2) is 36.4 Å². The van der Waals surface area contributed by atoms with Crippen LogP contribution in [0.25, 0.3) is 22.3 Å². The number of carbonyl (C=O) groups is 2. The molecule has 4 aromatic rings. The first-order chi connectivity index (χ1) is 24.6. The van der Waals surface area contributed by atoms with Gasteiger partial charge in [0.15, 0.2) is 0 Å². The van der Waals surface area contributed by atoms with Gasteiger partial charge in [0.2, 0.25) is 0 Å². The number of epoxide rings is 2. The molecule has 2 saturated carbocycles. The molecule has 6 atom stereocenters. The van der Waals surface area contributed by atoms with Crippen molar-refractivity contribution in [1.29, 1.82) is 0 Å². The van der Waals surface area contributed by atoms with Crippen LogP contribution in [0.2, 0.25) is 0 Å². The molecule has 4 aliphatic carbocycles. The van der Waals surface area contributed by atoms with E-state index in [1.165, 1.54) is 33.4 Å². The molecule has 0 radical (unpaired) electrons. The molecule has 6 nitrogen and oxygen atoms in total. The molecule has 4 fully saturated rings. The van der Waals surface area contributed by atoms with Gasteiger partial charge in [-0.1, -0.05) is 72.8 Å². The minimum atomic E-state index is -0.237. The normalized spacial score (nSPS) is 26.1. The second-order valence-corrected chi connectivity index (χ2v) is 15.3. The predicted octanol–water partition coefficient (Wildman–Crippen LogP) is 8.97. The third-order valence-electron chi connectivity index (χ3n) is 12.3. The summed E-state index contributed by atoms with van der Waals surface area (Å²) in [6.07, 6.45) is 10.9. The number of hydrogen-bond acceptors (Lipinski definition) is 6. The van der Waals surface area contributed by atoms with Crippen molar-refractivity contribution in [3.8, 4) is 33.8 Å². The average Bonchev–Trinajstić information content (AvgIpc) is 4.03. The van der Waals surface area contributed by atoms with E-state index in [4.69, 9.17) is 18.9 Å². The molecule has 4 aromatic carbocycles. The molecule has 0 bridgehead atoms. The summed E-state index contributed by atoms with van der Waals surface area (Å²) in [6.45, 7) is 0. The molecule has 6 aliphatic rings. The molecule has 50 heavy (non-hydrogen) atoms. The molecule has 6 heteroatoms. The van der Waals surface area contributed by atoms with Crippen molar-refractivity contribution < 1.29 is 28.5 Å². The van der Waals surface area contributed by atoms with E-state index in [1.54, 1.807) is 0 Å². The molecular formula is C44H42O6. The SMILES string of the molecule is O=C(CCCCC(=O)Oc1c(C2CCC3OC3C2)ccc2c1Cc1ccccc1-2)Oc1c(C2CCC3OC3C2)ccc2c1Cc1ccccc1-2. The Kier molecular flexibility index (Phi) is 7.46. The number of ether oxygens (including phenoxy) is 4. The van der Waals surface area contributed by atoms with E-state index < -0.39 is 0 Å². The van der Waals surface area contributed by atoms with Crippen LogP contribution in [0.15, 0.2) is 72.8 Å². The molecular weight excluding hydrogens is 624 g/mol. The molecule has 254 valence electrons. The lowest BCUT2D eigenvalue weighted by Gasteiger charge is -2.24. The summed E-state index contributed by atoms with van der Waals surface area (Å²) in [5, 5.41) is 0. The number of rotatable bonds is 9. The first-order valence-electron chi connectivity index (χ1n) is 18.8. The van der Waals surface area contributed by atoms with Gasteiger partial charge in [0.05, 0.1) is 24.4 Å². The second-order valence-electron chi connectivity index (χ2n) is 15.3. The summed E-state index contributed by atoms with van der Waals surface area (Å²) in [4.78, 5) is 26.9. The molecule has 2 heterocycles. The second kappa shape index (κ2) is 12.2. The third kappa shape index (κ3) is 5.48. The van der Waals surface area contributed by atoms with Gasteiger partial charge in [0, 0.05) is 36.8 Å². The Labute approximate surface area is 293 Å². The standard InChI is InChI=1S/C44H42O6/c45-41(49-43-31(27-13-19-37-39(23-27)47-37)15-17-33-29-9-3-1-7-25(29)21-35(33)43)11-5-6-12-42(46)50-44-32(28-14-20-38-40(24-28)48-38)16-18-34-30-10-4-2-8-26(30)22-36(34)44/h1-4,7-10,15-18,27-28,37-40H,5-6,11-14,19-24H2. The van der Waals surface area contributed by atoms with E-state index >= 15 is 0 Å². The van der Waals surface area contributed by atoms with Crippen molar-refractivity contribution >= 4 is 11.9 Å². The van der Waals surface area contributed by atoms with Crippen LogP contribution < -0.4 is 9.47 Å². The van der Waals surface area contributed by atoms with E-state index in [0.29, 0.717) is 49.1 Å². The summed E-state index contributed by atoms with van der Waals surface area (Å²) in [6, 6.07) is 25.8. The van der Waals surface area contributed by atoms with Crippen molar-refractivity contribution in [2.75, 3.05) is 0 Å². The molecule has 0 aromatic heterocycles. The molecule has 0 N–H and O–H groups in total. The summed E-state index contributed by atoms with van der Waals surface area (Å²) < 4.78 is 24.3. The Bertz CT molecular complexity index is 1880. The Balaban J connectivity index is 0.817. The van der Waals surface area contributed by atoms with Crippen LogP contribution in [0.5, 0.6) is 11.5 Å². The highest BCUT2D eigenvalue weighted by Crippen LogP contribution is 2.52. The number of unbranched alkanes of at least 4 members (excludes halogenated alkanes) is 1. The number of benzene rings is 4. The lowest BCUT2D eigenvalue weighted by molar-refractivity contribution is -0.136. The summed E-state index contributed by atoms with van der Waals surface area (Å²) in [5.41, 5.74) is 11.8. The highest BCUT2D eigenvalue weighted by Gasteiger charge is 2.46. The van der Waals surface area contributed by atoms with Gasteiger partial charge in [-0.25, -0.2) is 0 Å². The Hall–Kier alpha value is -4.26. The average molecular weight is 667 g/mol. The minimum Gasteiger partial charge on any atom is -0.426 e. The lowest BCUT2D eigenvalue weighted by atomic mass is 9.82. The highest BCUT2D eigenvalue weighted by molar-refractivity contribution is 5.84. The smallest absolute Gasteiger partial charge is 0.311 e. The zero-order valence-electron chi connectivity index (χ0n) is 28.3. The Morgan fingerprint density at radius 2 is 1.00 bits per heavy atom. The van der Waals surface area contributed by atoms with Crippen LogP contribution >= 0.6 is 0 Å². The van der Waals surface area contributed by atoms with Gasteiger partial charge in [-0.3, -0.25) is 9.59 Å². The number of carbonyl (C=O) groups excluding carboxylic acids is 2. The van der Waals surface area contributed by atoms with Gasteiger partial charge >= 0.3 is 11.9 Å². The van der Waals surface area contributed by atoms with E-state index in [1.807, 2.05) is 0 Å². The summed E-state index contributed by atoms with van der Waals surface area (Å²) >= 11 is 0. The molecule has 0 amide bonds. The fourth-order valence-corrected chi connectivity index (χ4v) is 9.53. The fraction of sp³-hybridized carbons (Fsp3) is 0.409. The molecule has 2 saturated heterocycles. The van der Waals surface area contributed by atoms with Crippen LogP contribution in [0.4, 0.5) is 0 Å². The van der Waals surface area contributed by atoms with E-state index in [0.717, 1.165) is 85.1 Å². The Morgan fingerprint density at radius 1 is 0.540 bits per heavy atom. The van der Waals surface area contributed by atoms with Crippen molar-refractivity contribution in [3.05, 3.63) is 106 Å². The van der Waals surface area contributed by atoms with Crippen molar-refractivity contribution in [1.82, 2.24) is 0 Å². The molecule has 0 spiro atoms. The van der Waals surface area contributed by atoms with E-state index in [9.17, 15) is 9.59 Å². The number of fused-ring (bicyclic) bond motifs is 8. The first kappa shape index (κ1) is 30.6. The van der Waals surface area contributed by atoms with Crippen molar-refractivity contribution in [3.63, 3.8) is 0 Å². The van der Waals surface area contributed by atoms with E-state index in [2.05, 4.69) is 72.8 Å². The van der Waals surface area contributed by atoms with Crippen molar-refractivity contribution in [2.45, 2.75) is 113 Å². The largest absolute Gasteiger partial charge is 0.426 e. The van der Waals surface area contributed by atoms with Crippen LogP contribution in [0.3, 0.4) is 0 Å². The maximum absolute atomic E-state index is 13.4. The molecule has 2 aliphatic heterocycles. The van der Waals surface area contributed by atoms with Gasteiger partial charge in [0.25, 0.3) is 0 Å². The lowest BCUT2D eigenvalue weighted by Crippen LogP contribution is -2.17. The zero-order chi connectivity index (χ0) is 33.3. The summed E-state index contributed by atoms with van der Waals surface area (Å²) in [5.74, 6) is 1.69. The monoisotopic (exact) mass is 666 g/mol. The number of esters is 2. The van der Waals surface area contributed by atoms with Gasteiger partial charge in [-0.15, -0.1) is 0 Å². The topological polar surface area (TPSA) is 77.7 Å². The molecule has 6 unspecified atom stereocenters. The van der Waals surface area contributed by atoms with Crippen LogP contribution in [0.1, 0.15) is 109 Å². The predicted molar refractivity (Wildman–Crippen MR) is 190 cm³/mol. The third-order valence-corrected chi connectivity index (χ3v) is 12.3. The quantitative estimate of drug-likeness (QED) is 0.0664. The maximum atomic E-state index is 13.4. The Morgan fingerprint density at radius 3 is 1.46 bits per heavy atom. The van der Waals surface area contributed by atoms with E-state index in [-0.39, 0.29) is 24.8 Å². The number of hydrogen-bond donors (Lipinski definition) is 0. The van der Waals surface area contributed by atoms with Gasteiger partial charge in [-0.05, 0) is 108 Å². The fourth-order valence-electron chi connectivity index (χ4n) is 9.53. The van der Waals surface area contributed by atoms with Gasteiger partial charge < -0.3 is 18.9 Å². The summed E-state index contributed by atoms with van der Waals surface area (Å²) in [7, 11) is 0. The first-order valence-corrected chi connectivity index (χ1v) is 18.8. The molecule has 10 rings (SSSR count). The van der Waals surface area contributed by atoms with Gasteiger partial charge in [0.1, 0.15) is 11.5 Å². The minimum absolute atomic E-state index is 0.237. The van der Waals surface area contributed by atoms with Crippen LogP contribution in [0, 0.1) is 0 Å². The van der Waals surface area contributed by atoms with Crippen molar-refractivity contribution in [2.24, 2.45) is 0 Å².